The van der Waals surface area contributed by atoms with Gasteiger partial charge in [-0.25, -0.2) is 4.79 Å². The zero-order valence-electron chi connectivity index (χ0n) is 10.9. The number of nitro groups is 1. The number of amides is 1. The summed E-state index contributed by atoms with van der Waals surface area (Å²) in [6.07, 6.45) is 0. The fourth-order valence-corrected chi connectivity index (χ4v) is 1.88. The standard InChI is InChI=1S/C14H9ClN2O5/c15-8-1-3-9(4-2-8)16-13(18)12-7-10(17(21)22)5-6-11(12)14(19)20/h1-7H,(H,16,18)(H,19,20). The molecular weight excluding hydrogens is 312 g/mol. The molecule has 0 unspecified atom stereocenters. The van der Waals surface area contributed by atoms with E-state index in [-0.39, 0.29) is 16.8 Å². The number of nitro benzene ring substituents is 1. The maximum absolute atomic E-state index is 12.2. The van der Waals surface area contributed by atoms with E-state index in [0.29, 0.717) is 10.7 Å². The van der Waals surface area contributed by atoms with Gasteiger partial charge in [0.15, 0.2) is 0 Å². The Hall–Kier alpha value is -2.93. The van der Waals surface area contributed by atoms with Crippen molar-refractivity contribution < 1.29 is 19.6 Å². The molecule has 8 heteroatoms. The molecule has 0 aromatic heterocycles. The maximum Gasteiger partial charge on any atom is 0.336 e. The first-order chi connectivity index (χ1) is 10.4. The summed E-state index contributed by atoms with van der Waals surface area (Å²) in [5.41, 5.74) is -0.600. The van der Waals surface area contributed by atoms with Gasteiger partial charge in [0.2, 0.25) is 0 Å². The molecule has 7 nitrogen and oxygen atoms in total. The van der Waals surface area contributed by atoms with Crippen LogP contribution in [-0.4, -0.2) is 21.9 Å². The predicted molar refractivity (Wildman–Crippen MR) is 79.5 cm³/mol. The SMILES string of the molecule is O=C(O)c1ccc([N+](=O)[O-])cc1C(=O)Nc1ccc(Cl)cc1. The zero-order valence-corrected chi connectivity index (χ0v) is 11.7. The third-order valence-electron chi connectivity index (χ3n) is 2.79. The van der Waals surface area contributed by atoms with Crippen molar-refractivity contribution in [3.63, 3.8) is 0 Å². The van der Waals surface area contributed by atoms with Crippen molar-refractivity contribution in [2.75, 3.05) is 5.32 Å². The lowest BCUT2D eigenvalue weighted by Crippen LogP contribution is -2.16. The van der Waals surface area contributed by atoms with Gasteiger partial charge in [0, 0.05) is 22.8 Å². The first-order valence-electron chi connectivity index (χ1n) is 5.97. The minimum Gasteiger partial charge on any atom is -0.478 e. The van der Waals surface area contributed by atoms with Crippen LogP contribution in [0.2, 0.25) is 5.02 Å². The van der Waals surface area contributed by atoms with Gasteiger partial charge in [-0.2, -0.15) is 0 Å². The van der Waals surface area contributed by atoms with E-state index >= 15 is 0 Å². The summed E-state index contributed by atoms with van der Waals surface area (Å²) in [7, 11) is 0. The fraction of sp³-hybridized carbons (Fsp3) is 0. The summed E-state index contributed by atoms with van der Waals surface area (Å²) in [5.74, 6) is -2.11. The van der Waals surface area contributed by atoms with Gasteiger partial charge in [-0.3, -0.25) is 14.9 Å². The summed E-state index contributed by atoms with van der Waals surface area (Å²) in [6, 6.07) is 9.12. The highest BCUT2D eigenvalue weighted by atomic mass is 35.5. The molecule has 2 rings (SSSR count). The molecule has 0 heterocycles. The Morgan fingerprint density at radius 1 is 1.09 bits per heavy atom. The van der Waals surface area contributed by atoms with Crippen molar-refractivity contribution >= 4 is 34.9 Å². The second-order valence-corrected chi connectivity index (χ2v) is 4.69. The molecule has 0 spiro atoms. The number of carboxylic acids is 1. The number of aromatic carboxylic acids is 1. The smallest absolute Gasteiger partial charge is 0.336 e. The highest BCUT2D eigenvalue weighted by Crippen LogP contribution is 2.20. The average Bonchev–Trinajstić information content (AvgIpc) is 2.48. The van der Waals surface area contributed by atoms with E-state index in [1.54, 1.807) is 12.1 Å². The van der Waals surface area contributed by atoms with Crippen LogP contribution in [0, 0.1) is 10.1 Å². The molecule has 0 fully saturated rings. The van der Waals surface area contributed by atoms with E-state index in [4.69, 9.17) is 16.7 Å². The number of nitrogens with one attached hydrogen (secondary N) is 1. The molecule has 2 aromatic rings. The van der Waals surface area contributed by atoms with Gasteiger partial charge in [0.05, 0.1) is 16.1 Å². The Bertz CT molecular complexity index is 758. The van der Waals surface area contributed by atoms with Gasteiger partial charge in [-0.05, 0) is 30.3 Å². The van der Waals surface area contributed by atoms with Crippen LogP contribution in [0.25, 0.3) is 0 Å². The van der Waals surface area contributed by atoms with Crippen molar-refractivity contribution in [1.82, 2.24) is 0 Å². The van der Waals surface area contributed by atoms with Crippen LogP contribution in [-0.2, 0) is 0 Å². The van der Waals surface area contributed by atoms with E-state index in [2.05, 4.69) is 5.32 Å². The van der Waals surface area contributed by atoms with Crippen molar-refractivity contribution in [3.05, 3.63) is 68.7 Å². The summed E-state index contributed by atoms with van der Waals surface area (Å²) in [5, 5.41) is 22.8. The monoisotopic (exact) mass is 320 g/mol. The van der Waals surface area contributed by atoms with Gasteiger partial charge in [-0.15, -0.1) is 0 Å². The van der Waals surface area contributed by atoms with Crippen LogP contribution >= 0.6 is 11.6 Å². The van der Waals surface area contributed by atoms with Crippen LogP contribution in [0.5, 0.6) is 0 Å². The Labute approximate surface area is 129 Å². The molecule has 0 aliphatic rings. The van der Waals surface area contributed by atoms with Crippen LogP contribution in [0.3, 0.4) is 0 Å². The zero-order chi connectivity index (χ0) is 16.3. The molecule has 0 bridgehead atoms. The van der Waals surface area contributed by atoms with Crippen LogP contribution in [0.15, 0.2) is 42.5 Å². The number of carboxylic acid groups (broad SMARTS) is 1. The quantitative estimate of drug-likeness (QED) is 0.664. The molecule has 0 atom stereocenters. The molecule has 2 aromatic carbocycles. The van der Waals surface area contributed by atoms with Crippen LogP contribution in [0.4, 0.5) is 11.4 Å². The number of benzene rings is 2. The van der Waals surface area contributed by atoms with Crippen LogP contribution < -0.4 is 5.32 Å². The number of nitrogens with zero attached hydrogens (tertiary/aromatic N) is 1. The third kappa shape index (κ3) is 3.39. The molecule has 0 saturated carbocycles. The van der Waals surface area contributed by atoms with Gasteiger partial charge in [0.1, 0.15) is 0 Å². The molecule has 0 aliphatic carbocycles. The van der Waals surface area contributed by atoms with Gasteiger partial charge < -0.3 is 10.4 Å². The maximum atomic E-state index is 12.2. The van der Waals surface area contributed by atoms with Crippen molar-refractivity contribution in [1.29, 1.82) is 0 Å². The third-order valence-corrected chi connectivity index (χ3v) is 3.04. The molecular formula is C14H9ClN2O5. The van der Waals surface area contributed by atoms with Gasteiger partial charge in [-0.1, -0.05) is 11.6 Å². The molecule has 1 amide bonds. The summed E-state index contributed by atoms with van der Waals surface area (Å²) >= 11 is 5.72. The number of halogens is 1. The molecule has 112 valence electrons. The van der Waals surface area contributed by atoms with Crippen molar-refractivity contribution in [2.24, 2.45) is 0 Å². The second kappa shape index (κ2) is 6.23. The van der Waals surface area contributed by atoms with E-state index in [9.17, 15) is 19.7 Å². The summed E-state index contributed by atoms with van der Waals surface area (Å²) in [4.78, 5) is 33.4. The lowest BCUT2D eigenvalue weighted by atomic mass is 10.1. The molecule has 0 saturated heterocycles. The molecule has 22 heavy (non-hydrogen) atoms. The number of hydrogen-bond acceptors (Lipinski definition) is 4. The Kier molecular flexibility index (Phi) is 4.38. The van der Waals surface area contributed by atoms with Gasteiger partial charge in [0.25, 0.3) is 11.6 Å². The lowest BCUT2D eigenvalue weighted by Gasteiger charge is -2.08. The topological polar surface area (TPSA) is 110 Å². The second-order valence-electron chi connectivity index (χ2n) is 4.25. The number of hydrogen-bond donors (Lipinski definition) is 2. The normalized spacial score (nSPS) is 10.0. The number of anilines is 1. The minimum atomic E-state index is -1.35. The lowest BCUT2D eigenvalue weighted by molar-refractivity contribution is -0.384. The molecule has 0 aliphatic heterocycles. The van der Waals surface area contributed by atoms with Crippen LogP contribution in [0.1, 0.15) is 20.7 Å². The minimum absolute atomic E-state index is 0.295. The Morgan fingerprint density at radius 3 is 2.27 bits per heavy atom. The number of carbonyl (C=O) groups is 2. The van der Waals surface area contributed by atoms with E-state index in [1.165, 1.54) is 12.1 Å². The largest absolute Gasteiger partial charge is 0.478 e. The van der Waals surface area contributed by atoms with E-state index < -0.39 is 16.8 Å². The Balaban J connectivity index is 2.38. The number of carbonyl (C=O) groups excluding carboxylic acids is 1. The van der Waals surface area contributed by atoms with E-state index in [1.807, 2.05) is 0 Å². The van der Waals surface area contributed by atoms with Gasteiger partial charge >= 0.3 is 5.97 Å². The van der Waals surface area contributed by atoms with E-state index in [0.717, 1.165) is 18.2 Å². The molecule has 0 radical (unpaired) electrons. The molecule has 2 N–H and O–H groups in total. The van der Waals surface area contributed by atoms with Crippen molar-refractivity contribution in [3.8, 4) is 0 Å². The fourth-order valence-electron chi connectivity index (χ4n) is 1.75. The highest BCUT2D eigenvalue weighted by Gasteiger charge is 2.20. The number of rotatable bonds is 4. The highest BCUT2D eigenvalue weighted by molar-refractivity contribution is 6.30. The first-order valence-corrected chi connectivity index (χ1v) is 6.35. The Morgan fingerprint density at radius 2 is 1.73 bits per heavy atom. The van der Waals surface area contributed by atoms with Crippen molar-refractivity contribution in [2.45, 2.75) is 0 Å². The predicted octanol–water partition coefficient (Wildman–Crippen LogP) is 3.20. The summed E-state index contributed by atoms with van der Waals surface area (Å²) in [6.45, 7) is 0. The first kappa shape index (κ1) is 15.5. The summed E-state index contributed by atoms with van der Waals surface area (Å²) < 4.78 is 0. The number of non-ortho nitro benzene ring substituents is 1. The average molecular weight is 321 g/mol.